The van der Waals surface area contributed by atoms with Crippen LogP contribution in [0.5, 0.6) is 0 Å². The molecule has 4 atom stereocenters. The van der Waals surface area contributed by atoms with Crippen molar-refractivity contribution < 1.29 is 32.6 Å². The van der Waals surface area contributed by atoms with E-state index in [-0.39, 0.29) is 18.3 Å². The van der Waals surface area contributed by atoms with Crippen molar-refractivity contribution in [2.45, 2.75) is 70.4 Å². The first-order chi connectivity index (χ1) is 15.0. The number of carbonyl (C=O) groups excluding carboxylic acids is 2. The van der Waals surface area contributed by atoms with Crippen LogP contribution in [0.2, 0.25) is 0 Å². The third-order valence-electron chi connectivity index (χ3n) is 4.88. The molecule has 2 rings (SSSR count). The predicted molar refractivity (Wildman–Crippen MR) is 110 cm³/mol. The molecule has 1 radical (unpaired) electrons. The summed E-state index contributed by atoms with van der Waals surface area (Å²) in [5, 5.41) is 2.26. The number of nitrogens with one attached hydrogen (secondary N) is 1. The number of aromatic nitrogens is 2. The molecule has 0 aliphatic carbocycles. The highest BCUT2D eigenvalue weighted by atomic mass is 19.3. The summed E-state index contributed by atoms with van der Waals surface area (Å²) in [4.78, 5) is 39.7. The zero-order valence-electron chi connectivity index (χ0n) is 18.3. The SMILES string of the molecule is [CH2][C@H]1O[C@@H](n2ccc(NC(=O)OCCCCC)nc2=O)C(F)(F)[C@@H]1OC(=O)[C@@H](N)C(C)C. The number of hydrogen-bond donors (Lipinski definition) is 2. The van der Waals surface area contributed by atoms with Crippen LogP contribution in [0.4, 0.5) is 19.4 Å². The molecule has 0 spiro atoms. The maximum Gasteiger partial charge on any atom is 0.412 e. The van der Waals surface area contributed by atoms with Crippen molar-refractivity contribution in [2.24, 2.45) is 11.7 Å². The summed E-state index contributed by atoms with van der Waals surface area (Å²) in [6, 6.07) is 0.0359. The Morgan fingerprint density at radius 2 is 2.09 bits per heavy atom. The number of anilines is 1. The molecule has 0 bridgehead atoms. The van der Waals surface area contributed by atoms with Gasteiger partial charge in [0.1, 0.15) is 18.0 Å². The fourth-order valence-electron chi connectivity index (χ4n) is 2.92. The molecule has 0 unspecified atom stereocenters. The van der Waals surface area contributed by atoms with Crippen molar-refractivity contribution in [2.75, 3.05) is 11.9 Å². The second kappa shape index (κ2) is 10.8. The van der Waals surface area contributed by atoms with E-state index in [2.05, 4.69) is 17.2 Å². The highest BCUT2D eigenvalue weighted by Crippen LogP contribution is 2.43. The first-order valence-corrected chi connectivity index (χ1v) is 10.3. The van der Waals surface area contributed by atoms with Crippen LogP contribution in [-0.2, 0) is 19.0 Å². The third kappa shape index (κ3) is 6.00. The standard InChI is InChI=1S/C20H29F2N4O6/c1-5-6-7-10-30-19(29)25-13-8-9-26(18(28)24-13)17-20(21,22)15(12(4)31-17)32-16(27)14(23)11(2)3/h8-9,11-12,14-15,17H,4-7,10,23H2,1-3H3,(H,24,25,28,29)/t12-,14+,15-,17-/m1/s1. The van der Waals surface area contributed by atoms with Crippen molar-refractivity contribution in [1.29, 1.82) is 0 Å². The quantitative estimate of drug-likeness (QED) is 0.424. The summed E-state index contributed by atoms with van der Waals surface area (Å²) < 4.78 is 45.4. The lowest BCUT2D eigenvalue weighted by Gasteiger charge is -2.25. The maximum absolute atomic E-state index is 15.0. The molecule has 0 saturated carbocycles. The number of carbonyl (C=O) groups is 2. The molecule has 1 aliphatic heterocycles. The average Bonchev–Trinajstić information content (AvgIpc) is 2.93. The number of unbranched alkanes of at least 4 members (excludes halogenated alkanes) is 2. The van der Waals surface area contributed by atoms with Gasteiger partial charge in [-0.3, -0.25) is 14.7 Å². The molecule has 1 aromatic heterocycles. The van der Waals surface area contributed by atoms with E-state index in [1.54, 1.807) is 13.8 Å². The Morgan fingerprint density at radius 1 is 1.41 bits per heavy atom. The Morgan fingerprint density at radius 3 is 2.69 bits per heavy atom. The Balaban J connectivity index is 2.10. The molecule has 1 fully saturated rings. The minimum atomic E-state index is -3.79. The summed E-state index contributed by atoms with van der Waals surface area (Å²) in [5.41, 5.74) is 4.54. The van der Waals surface area contributed by atoms with Crippen LogP contribution < -0.4 is 16.7 Å². The highest BCUT2D eigenvalue weighted by molar-refractivity contribution is 5.83. The largest absolute Gasteiger partial charge is 0.452 e. The minimum Gasteiger partial charge on any atom is -0.452 e. The Labute approximate surface area is 184 Å². The van der Waals surface area contributed by atoms with Crippen molar-refractivity contribution >= 4 is 17.9 Å². The molecule has 3 N–H and O–H groups in total. The Kier molecular flexibility index (Phi) is 8.67. The van der Waals surface area contributed by atoms with E-state index in [9.17, 15) is 23.2 Å². The monoisotopic (exact) mass is 459 g/mol. The van der Waals surface area contributed by atoms with Crippen LogP contribution in [0.15, 0.2) is 17.1 Å². The van der Waals surface area contributed by atoms with Crippen molar-refractivity contribution in [3.63, 3.8) is 0 Å². The molecule has 12 heteroatoms. The number of alkyl halides is 2. The molecule has 1 amide bonds. The van der Waals surface area contributed by atoms with Crippen LogP contribution in [0, 0.1) is 12.8 Å². The Bertz CT molecular complexity index is 863. The lowest BCUT2D eigenvalue weighted by Crippen LogP contribution is -2.47. The van der Waals surface area contributed by atoms with E-state index in [0.29, 0.717) is 11.0 Å². The molecule has 1 aromatic rings. The molecule has 1 aliphatic rings. The first-order valence-electron chi connectivity index (χ1n) is 10.3. The second-order valence-corrected chi connectivity index (χ2v) is 7.80. The fraction of sp³-hybridized carbons (Fsp3) is 0.650. The van der Waals surface area contributed by atoms with Crippen LogP contribution in [0.25, 0.3) is 0 Å². The van der Waals surface area contributed by atoms with Gasteiger partial charge in [-0.05, 0) is 25.3 Å². The van der Waals surface area contributed by atoms with Crippen molar-refractivity contribution in [3.8, 4) is 0 Å². The van der Waals surface area contributed by atoms with Crippen LogP contribution in [0.3, 0.4) is 0 Å². The van der Waals surface area contributed by atoms with Crippen LogP contribution in [-0.4, -0.2) is 52.4 Å². The van der Waals surface area contributed by atoms with Gasteiger partial charge in [0.2, 0.25) is 6.23 Å². The molecule has 179 valence electrons. The lowest BCUT2D eigenvalue weighted by molar-refractivity contribution is -0.178. The van der Waals surface area contributed by atoms with E-state index < -0.39 is 48.2 Å². The van der Waals surface area contributed by atoms with Crippen molar-refractivity contribution in [3.05, 3.63) is 29.7 Å². The maximum atomic E-state index is 15.0. The molecule has 0 aromatic carbocycles. The predicted octanol–water partition coefficient (Wildman–Crippen LogP) is 2.24. The number of amides is 1. The summed E-state index contributed by atoms with van der Waals surface area (Å²) >= 11 is 0. The molecule has 1 saturated heterocycles. The Hall–Kier alpha value is -2.60. The lowest BCUT2D eigenvalue weighted by atomic mass is 10.1. The van der Waals surface area contributed by atoms with E-state index >= 15 is 0 Å². The van der Waals surface area contributed by atoms with E-state index in [0.717, 1.165) is 25.1 Å². The van der Waals surface area contributed by atoms with Gasteiger partial charge in [-0.2, -0.15) is 13.8 Å². The summed E-state index contributed by atoms with van der Waals surface area (Å²) in [7, 11) is 0. The summed E-state index contributed by atoms with van der Waals surface area (Å²) in [6.07, 6.45) is -2.92. The number of rotatable bonds is 9. The van der Waals surface area contributed by atoms with Gasteiger partial charge in [0.15, 0.2) is 6.10 Å². The number of hydrogen-bond acceptors (Lipinski definition) is 8. The van der Waals surface area contributed by atoms with E-state index in [1.165, 1.54) is 0 Å². The number of nitrogens with zero attached hydrogens (tertiary/aromatic N) is 2. The number of ether oxygens (including phenoxy) is 3. The number of halogens is 2. The van der Waals surface area contributed by atoms with Crippen LogP contribution in [0.1, 0.15) is 46.3 Å². The van der Waals surface area contributed by atoms with Gasteiger partial charge in [0, 0.05) is 6.20 Å². The van der Waals surface area contributed by atoms with Gasteiger partial charge in [0.05, 0.1) is 6.61 Å². The van der Waals surface area contributed by atoms with E-state index in [1.807, 2.05) is 6.92 Å². The number of esters is 1. The number of nitrogens with two attached hydrogens (primary N) is 1. The summed E-state index contributed by atoms with van der Waals surface area (Å²) in [5.74, 6) is -5.32. The summed E-state index contributed by atoms with van der Waals surface area (Å²) in [6.45, 7) is 8.93. The highest BCUT2D eigenvalue weighted by Gasteiger charge is 2.61. The zero-order chi connectivity index (χ0) is 24.1. The van der Waals surface area contributed by atoms with Gasteiger partial charge < -0.3 is 19.9 Å². The smallest absolute Gasteiger partial charge is 0.412 e. The normalized spacial score (nSPS) is 23.1. The van der Waals surface area contributed by atoms with Gasteiger partial charge in [-0.25, -0.2) is 9.59 Å². The average molecular weight is 459 g/mol. The van der Waals surface area contributed by atoms with Gasteiger partial charge in [-0.15, -0.1) is 0 Å². The third-order valence-corrected chi connectivity index (χ3v) is 4.88. The van der Waals surface area contributed by atoms with Gasteiger partial charge >= 0.3 is 23.7 Å². The van der Waals surface area contributed by atoms with Gasteiger partial charge in [-0.1, -0.05) is 33.6 Å². The first kappa shape index (κ1) is 25.7. The second-order valence-electron chi connectivity index (χ2n) is 7.80. The fourth-order valence-corrected chi connectivity index (χ4v) is 2.92. The zero-order valence-corrected chi connectivity index (χ0v) is 18.3. The van der Waals surface area contributed by atoms with E-state index in [4.69, 9.17) is 19.9 Å². The molecule has 2 heterocycles. The minimum absolute atomic E-state index is 0.176. The molecule has 10 nitrogen and oxygen atoms in total. The van der Waals surface area contributed by atoms with Crippen LogP contribution >= 0.6 is 0 Å². The topological polar surface area (TPSA) is 135 Å². The van der Waals surface area contributed by atoms with Gasteiger partial charge in [0.25, 0.3) is 0 Å². The molecule has 32 heavy (non-hydrogen) atoms. The van der Waals surface area contributed by atoms with Crippen molar-refractivity contribution in [1.82, 2.24) is 9.55 Å². The molecular weight excluding hydrogens is 430 g/mol. The molecular formula is C20H29F2N4O6.